The number of amides is 1. The van der Waals surface area contributed by atoms with Crippen molar-refractivity contribution in [3.8, 4) is 0 Å². The molecule has 2 fully saturated rings. The molecule has 0 spiro atoms. The van der Waals surface area contributed by atoms with E-state index in [2.05, 4.69) is 15.7 Å². The lowest BCUT2D eigenvalue weighted by Gasteiger charge is -2.44. The Labute approximate surface area is 173 Å². The van der Waals surface area contributed by atoms with Crippen molar-refractivity contribution < 1.29 is 18.0 Å². The van der Waals surface area contributed by atoms with E-state index in [4.69, 9.17) is 0 Å². The van der Waals surface area contributed by atoms with Gasteiger partial charge in [0.2, 0.25) is 5.91 Å². The van der Waals surface area contributed by atoms with Crippen molar-refractivity contribution in [2.24, 2.45) is 13.0 Å². The summed E-state index contributed by atoms with van der Waals surface area (Å²) in [7, 11) is 1.83. The van der Waals surface area contributed by atoms with Gasteiger partial charge in [-0.3, -0.25) is 9.48 Å². The molecule has 1 aromatic carbocycles. The van der Waals surface area contributed by atoms with Crippen molar-refractivity contribution in [3.63, 3.8) is 0 Å². The van der Waals surface area contributed by atoms with E-state index < -0.39 is 17.3 Å². The lowest BCUT2D eigenvalue weighted by molar-refractivity contribution is -0.137. The Morgan fingerprint density at radius 2 is 2.07 bits per heavy atom. The topological polar surface area (TPSA) is 59.0 Å². The zero-order chi connectivity index (χ0) is 19.9. The van der Waals surface area contributed by atoms with Gasteiger partial charge >= 0.3 is 6.18 Å². The number of benzene rings is 1. The number of aromatic nitrogens is 2. The number of rotatable bonds is 4. The Morgan fingerprint density at radius 3 is 2.66 bits per heavy atom. The van der Waals surface area contributed by atoms with Crippen LogP contribution in [0.15, 0.2) is 36.7 Å². The largest absolute Gasteiger partial charge is 0.416 e. The van der Waals surface area contributed by atoms with Gasteiger partial charge in [-0.1, -0.05) is 12.1 Å². The summed E-state index contributed by atoms with van der Waals surface area (Å²) in [6, 6.07) is 5.34. The molecule has 2 heterocycles. The molecule has 2 aromatic rings. The second-order valence-corrected chi connectivity index (χ2v) is 7.82. The molecule has 1 amide bonds. The SMILES string of the molecule is Cl.Cn1cc([C@H]2CNC[C@@H]2C(=O)NC2(c3cccc(C(F)(F)F)c3)CCC2)cn1. The molecule has 0 radical (unpaired) electrons. The van der Waals surface area contributed by atoms with E-state index in [0.29, 0.717) is 31.5 Å². The molecule has 1 aliphatic heterocycles. The number of carbonyl (C=O) groups is 1. The number of aryl methyl sites for hydroxylation is 1. The first kappa shape index (κ1) is 21.6. The van der Waals surface area contributed by atoms with Crippen LogP contribution < -0.4 is 10.6 Å². The number of nitrogens with one attached hydrogen (secondary N) is 2. The second-order valence-electron chi connectivity index (χ2n) is 7.82. The minimum absolute atomic E-state index is 0. The van der Waals surface area contributed by atoms with Gasteiger partial charge in [-0.15, -0.1) is 12.4 Å². The minimum atomic E-state index is -4.40. The third kappa shape index (κ3) is 4.14. The van der Waals surface area contributed by atoms with E-state index in [-0.39, 0.29) is 30.2 Å². The fraction of sp³-hybridized carbons (Fsp3) is 0.500. The summed E-state index contributed by atoms with van der Waals surface area (Å²) in [4.78, 5) is 13.1. The molecule has 5 nitrogen and oxygen atoms in total. The molecule has 1 saturated heterocycles. The van der Waals surface area contributed by atoms with Crippen LogP contribution in [0, 0.1) is 5.92 Å². The van der Waals surface area contributed by atoms with E-state index in [1.807, 2.05) is 13.2 Å². The van der Waals surface area contributed by atoms with Crippen molar-refractivity contribution in [1.29, 1.82) is 0 Å². The number of hydrogen-bond acceptors (Lipinski definition) is 3. The van der Waals surface area contributed by atoms with Crippen LogP contribution >= 0.6 is 12.4 Å². The Morgan fingerprint density at radius 1 is 1.31 bits per heavy atom. The maximum atomic E-state index is 13.1. The monoisotopic (exact) mass is 428 g/mol. The van der Waals surface area contributed by atoms with Gasteiger partial charge in [0, 0.05) is 32.3 Å². The van der Waals surface area contributed by atoms with Crippen LogP contribution in [0.25, 0.3) is 0 Å². The maximum absolute atomic E-state index is 13.1. The predicted molar refractivity (Wildman–Crippen MR) is 105 cm³/mol. The molecule has 0 unspecified atom stereocenters. The molecule has 2 N–H and O–H groups in total. The highest BCUT2D eigenvalue weighted by Crippen LogP contribution is 2.43. The number of carbonyl (C=O) groups excluding carboxylic acids is 1. The summed E-state index contributed by atoms with van der Waals surface area (Å²) in [6.45, 7) is 1.23. The van der Waals surface area contributed by atoms with Crippen LogP contribution in [-0.2, 0) is 23.6 Å². The predicted octanol–water partition coefficient (Wildman–Crippen LogP) is 3.36. The van der Waals surface area contributed by atoms with Crippen molar-refractivity contribution in [2.75, 3.05) is 13.1 Å². The van der Waals surface area contributed by atoms with Gasteiger partial charge in [0.1, 0.15) is 0 Å². The Kier molecular flexibility index (Phi) is 5.96. The smallest absolute Gasteiger partial charge is 0.346 e. The third-order valence-corrected chi connectivity index (χ3v) is 6.02. The highest BCUT2D eigenvalue weighted by atomic mass is 35.5. The summed E-state index contributed by atoms with van der Waals surface area (Å²) < 4.78 is 41.1. The third-order valence-electron chi connectivity index (χ3n) is 6.02. The molecule has 2 aliphatic rings. The van der Waals surface area contributed by atoms with Gasteiger partial charge in [-0.05, 0) is 42.5 Å². The van der Waals surface area contributed by atoms with Crippen LogP contribution in [0.2, 0.25) is 0 Å². The summed E-state index contributed by atoms with van der Waals surface area (Å²) in [5.74, 6) is -0.379. The molecule has 2 atom stereocenters. The molecule has 9 heteroatoms. The van der Waals surface area contributed by atoms with Gasteiger partial charge < -0.3 is 10.6 Å². The minimum Gasteiger partial charge on any atom is -0.346 e. The fourth-order valence-electron chi connectivity index (χ4n) is 4.27. The van der Waals surface area contributed by atoms with Gasteiger partial charge in [0.25, 0.3) is 0 Å². The highest BCUT2D eigenvalue weighted by molar-refractivity contribution is 5.85. The van der Waals surface area contributed by atoms with E-state index >= 15 is 0 Å². The highest BCUT2D eigenvalue weighted by Gasteiger charge is 2.44. The van der Waals surface area contributed by atoms with E-state index in [1.54, 1.807) is 16.9 Å². The number of halogens is 4. The van der Waals surface area contributed by atoms with Gasteiger partial charge in [-0.25, -0.2) is 0 Å². The molecule has 1 saturated carbocycles. The normalized spacial score (nSPS) is 23.2. The lowest BCUT2D eigenvalue weighted by atomic mass is 9.71. The molecule has 29 heavy (non-hydrogen) atoms. The van der Waals surface area contributed by atoms with Crippen molar-refractivity contribution in [1.82, 2.24) is 20.4 Å². The first-order valence-electron chi connectivity index (χ1n) is 9.47. The van der Waals surface area contributed by atoms with Crippen LogP contribution in [0.3, 0.4) is 0 Å². The fourth-order valence-corrected chi connectivity index (χ4v) is 4.27. The maximum Gasteiger partial charge on any atom is 0.416 e. The zero-order valence-corrected chi connectivity index (χ0v) is 16.8. The summed E-state index contributed by atoms with van der Waals surface area (Å²) >= 11 is 0. The average Bonchev–Trinajstić information content (AvgIpc) is 3.26. The van der Waals surface area contributed by atoms with Crippen molar-refractivity contribution in [2.45, 2.75) is 36.9 Å². The summed E-state index contributed by atoms with van der Waals surface area (Å²) in [5.41, 5.74) is 0.141. The molecule has 1 aliphatic carbocycles. The Hall–Kier alpha value is -2.06. The molecule has 4 rings (SSSR count). The Balaban J connectivity index is 0.00000240. The first-order chi connectivity index (χ1) is 13.3. The van der Waals surface area contributed by atoms with Crippen molar-refractivity contribution in [3.05, 3.63) is 53.3 Å². The summed E-state index contributed by atoms with van der Waals surface area (Å²) in [6.07, 6.45) is 1.46. The molecular formula is C20H24ClF3N4O. The quantitative estimate of drug-likeness (QED) is 0.785. The molecular weight excluding hydrogens is 405 g/mol. The average molecular weight is 429 g/mol. The van der Waals surface area contributed by atoms with Crippen LogP contribution in [0.5, 0.6) is 0 Å². The van der Waals surface area contributed by atoms with Crippen LogP contribution in [0.4, 0.5) is 13.2 Å². The van der Waals surface area contributed by atoms with Crippen LogP contribution in [0.1, 0.15) is 41.9 Å². The Bertz CT molecular complexity index is 879. The van der Waals surface area contributed by atoms with Gasteiger partial charge in [-0.2, -0.15) is 18.3 Å². The number of hydrogen-bond donors (Lipinski definition) is 2. The van der Waals surface area contributed by atoms with Crippen LogP contribution in [-0.4, -0.2) is 28.8 Å². The van der Waals surface area contributed by atoms with E-state index in [9.17, 15) is 18.0 Å². The molecule has 158 valence electrons. The van der Waals surface area contributed by atoms with E-state index in [0.717, 1.165) is 18.1 Å². The van der Waals surface area contributed by atoms with Crippen molar-refractivity contribution >= 4 is 18.3 Å². The first-order valence-corrected chi connectivity index (χ1v) is 9.47. The van der Waals surface area contributed by atoms with E-state index in [1.165, 1.54) is 12.1 Å². The van der Waals surface area contributed by atoms with Gasteiger partial charge in [0.05, 0.1) is 23.2 Å². The number of alkyl halides is 3. The second kappa shape index (κ2) is 7.99. The summed E-state index contributed by atoms with van der Waals surface area (Å²) in [5, 5.41) is 10.5. The lowest BCUT2D eigenvalue weighted by Crippen LogP contribution is -2.53. The van der Waals surface area contributed by atoms with Gasteiger partial charge in [0.15, 0.2) is 0 Å². The molecule has 0 bridgehead atoms. The number of nitrogens with zero attached hydrogens (tertiary/aromatic N) is 2. The zero-order valence-electron chi connectivity index (χ0n) is 16.0. The molecule has 1 aromatic heterocycles. The standard InChI is InChI=1S/C20H23F3N4O.ClH/c1-27-12-13(9-25-27)16-10-24-11-17(16)18(28)26-19(6-3-7-19)14-4-2-5-15(8-14)20(21,22)23;/h2,4-5,8-9,12,16-17,24H,3,6-7,10-11H2,1H3,(H,26,28);1H/t16-,17+;/m1./s1.